The first-order valence-electron chi connectivity index (χ1n) is 10.1. The number of aliphatic hydroxyl groups is 1. The predicted molar refractivity (Wildman–Crippen MR) is 114 cm³/mol. The third kappa shape index (κ3) is 5.47. The standard InChI is InChI=1S/C22H32N2O3S/c1-4-23(5-2)15-19(25)16-27-20-7-6-17(12-21(20)26-3)13-24-10-8-22-18(14-24)9-11-28-22/h6-7,9,11-12,19,25H,4-5,8,10,13-16H2,1-3H3/t19-/m1/s1. The number of methoxy groups -OCH3 is 1. The van der Waals surface area contributed by atoms with Crippen LogP contribution in [0.1, 0.15) is 29.9 Å². The van der Waals surface area contributed by atoms with E-state index >= 15 is 0 Å². The first-order chi connectivity index (χ1) is 13.6. The minimum absolute atomic E-state index is 0.263. The summed E-state index contributed by atoms with van der Waals surface area (Å²) < 4.78 is 11.4. The molecule has 0 saturated heterocycles. The lowest BCUT2D eigenvalue weighted by Crippen LogP contribution is -2.35. The number of nitrogens with zero attached hydrogens (tertiary/aromatic N) is 2. The van der Waals surface area contributed by atoms with Crippen molar-refractivity contribution < 1.29 is 14.6 Å². The Bertz CT molecular complexity index is 745. The molecule has 0 radical (unpaired) electrons. The number of hydrogen-bond acceptors (Lipinski definition) is 6. The maximum absolute atomic E-state index is 10.2. The van der Waals surface area contributed by atoms with Crippen molar-refractivity contribution >= 4 is 11.3 Å². The Morgan fingerprint density at radius 1 is 1.21 bits per heavy atom. The molecule has 0 amide bonds. The maximum atomic E-state index is 10.2. The number of benzene rings is 1. The lowest BCUT2D eigenvalue weighted by atomic mass is 10.1. The van der Waals surface area contributed by atoms with Crippen molar-refractivity contribution in [2.24, 2.45) is 0 Å². The molecule has 2 aromatic rings. The summed E-state index contributed by atoms with van der Waals surface area (Å²) >= 11 is 1.87. The largest absolute Gasteiger partial charge is 0.493 e. The summed E-state index contributed by atoms with van der Waals surface area (Å²) in [5, 5.41) is 12.4. The Kier molecular flexibility index (Phi) is 7.73. The van der Waals surface area contributed by atoms with Crippen LogP contribution in [0.15, 0.2) is 29.6 Å². The van der Waals surface area contributed by atoms with Crippen molar-refractivity contribution in [2.75, 3.05) is 39.9 Å². The highest BCUT2D eigenvalue weighted by atomic mass is 32.1. The van der Waals surface area contributed by atoms with E-state index in [9.17, 15) is 5.11 Å². The maximum Gasteiger partial charge on any atom is 0.161 e. The zero-order valence-electron chi connectivity index (χ0n) is 17.2. The monoisotopic (exact) mass is 404 g/mol. The normalized spacial score (nSPS) is 15.5. The Balaban J connectivity index is 1.56. The predicted octanol–water partition coefficient (Wildman–Crippen LogP) is 3.40. The van der Waals surface area contributed by atoms with Gasteiger partial charge in [0.1, 0.15) is 12.7 Å². The topological polar surface area (TPSA) is 45.2 Å². The molecule has 0 saturated carbocycles. The van der Waals surface area contributed by atoms with Crippen molar-refractivity contribution in [3.8, 4) is 11.5 Å². The zero-order chi connectivity index (χ0) is 19.9. The molecule has 5 nitrogen and oxygen atoms in total. The van der Waals surface area contributed by atoms with E-state index in [1.807, 2.05) is 17.4 Å². The molecule has 0 fully saturated rings. The molecule has 2 heterocycles. The summed E-state index contributed by atoms with van der Waals surface area (Å²) in [5.41, 5.74) is 2.68. The van der Waals surface area contributed by atoms with Crippen molar-refractivity contribution in [1.82, 2.24) is 9.80 Å². The van der Waals surface area contributed by atoms with Crippen molar-refractivity contribution in [3.63, 3.8) is 0 Å². The molecule has 0 bridgehead atoms. The molecular formula is C22H32N2O3S. The van der Waals surface area contributed by atoms with Crippen LogP contribution in [-0.4, -0.2) is 60.9 Å². The molecule has 0 aliphatic carbocycles. The number of aliphatic hydroxyl groups excluding tert-OH is 1. The van der Waals surface area contributed by atoms with Gasteiger partial charge in [0.25, 0.3) is 0 Å². The second-order valence-corrected chi connectivity index (χ2v) is 8.27. The second-order valence-electron chi connectivity index (χ2n) is 7.27. The fourth-order valence-electron chi connectivity index (χ4n) is 3.65. The van der Waals surface area contributed by atoms with E-state index in [-0.39, 0.29) is 6.61 Å². The van der Waals surface area contributed by atoms with Crippen molar-refractivity contribution in [1.29, 1.82) is 0 Å². The second kappa shape index (κ2) is 10.3. The van der Waals surface area contributed by atoms with Crippen LogP contribution in [0.4, 0.5) is 0 Å². The van der Waals surface area contributed by atoms with Gasteiger partial charge >= 0.3 is 0 Å². The molecule has 28 heavy (non-hydrogen) atoms. The van der Waals surface area contributed by atoms with Crippen LogP contribution in [0.3, 0.4) is 0 Å². The van der Waals surface area contributed by atoms with E-state index in [1.165, 1.54) is 16.0 Å². The molecule has 1 aliphatic heterocycles. The molecule has 1 aliphatic rings. The van der Waals surface area contributed by atoms with Gasteiger partial charge < -0.3 is 19.5 Å². The van der Waals surface area contributed by atoms with E-state index in [0.717, 1.165) is 44.9 Å². The molecule has 0 spiro atoms. The van der Waals surface area contributed by atoms with E-state index in [0.29, 0.717) is 12.3 Å². The molecule has 1 aromatic heterocycles. The van der Waals surface area contributed by atoms with Gasteiger partial charge in [-0.3, -0.25) is 4.90 Å². The number of rotatable bonds is 10. The Hall–Kier alpha value is -1.60. The SMILES string of the molecule is CCN(CC)C[C@@H](O)COc1ccc(CN2CCc3sccc3C2)cc1OC. The summed E-state index contributed by atoms with van der Waals surface area (Å²) in [5.74, 6) is 1.41. The zero-order valence-corrected chi connectivity index (χ0v) is 18.0. The molecule has 6 heteroatoms. The number of ether oxygens (including phenoxy) is 2. The van der Waals surface area contributed by atoms with E-state index in [2.05, 4.69) is 47.2 Å². The van der Waals surface area contributed by atoms with E-state index in [1.54, 1.807) is 7.11 Å². The summed E-state index contributed by atoms with van der Waals surface area (Å²) in [6.07, 6.45) is 0.618. The Morgan fingerprint density at radius 3 is 2.79 bits per heavy atom. The smallest absolute Gasteiger partial charge is 0.161 e. The molecular weight excluding hydrogens is 372 g/mol. The van der Waals surface area contributed by atoms with Gasteiger partial charge in [-0.15, -0.1) is 11.3 Å². The van der Waals surface area contributed by atoms with Crippen LogP contribution in [0.5, 0.6) is 11.5 Å². The van der Waals surface area contributed by atoms with Crippen LogP contribution >= 0.6 is 11.3 Å². The van der Waals surface area contributed by atoms with Crippen LogP contribution in [0, 0.1) is 0 Å². The van der Waals surface area contributed by atoms with Crippen LogP contribution in [0.2, 0.25) is 0 Å². The number of thiophene rings is 1. The highest BCUT2D eigenvalue weighted by molar-refractivity contribution is 7.10. The van der Waals surface area contributed by atoms with Gasteiger partial charge in [-0.2, -0.15) is 0 Å². The van der Waals surface area contributed by atoms with E-state index < -0.39 is 6.10 Å². The third-order valence-corrected chi connectivity index (χ3v) is 6.34. The first-order valence-corrected chi connectivity index (χ1v) is 11.0. The van der Waals surface area contributed by atoms with Gasteiger partial charge in [0.15, 0.2) is 11.5 Å². The summed E-state index contributed by atoms with van der Waals surface area (Å²) in [7, 11) is 1.66. The Morgan fingerprint density at radius 2 is 2.04 bits per heavy atom. The summed E-state index contributed by atoms with van der Waals surface area (Å²) in [6.45, 7) is 9.93. The molecule has 154 valence electrons. The van der Waals surface area contributed by atoms with Crippen LogP contribution < -0.4 is 9.47 Å². The number of hydrogen-bond donors (Lipinski definition) is 1. The molecule has 1 N–H and O–H groups in total. The molecule has 0 unspecified atom stereocenters. The van der Waals surface area contributed by atoms with E-state index in [4.69, 9.17) is 9.47 Å². The van der Waals surface area contributed by atoms with Gasteiger partial charge in [-0.25, -0.2) is 0 Å². The highest BCUT2D eigenvalue weighted by Crippen LogP contribution is 2.30. The van der Waals surface area contributed by atoms with Gasteiger partial charge in [0.2, 0.25) is 0 Å². The van der Waals surface area contributed by atoms with Gasteiger partial charge in [-0.05, 0) is 54.2 Å². The number of likely N-dealkylation sites (N-methyl/N-ethyl adjacent to an activating group) is 1. The first kappa shape index (κ1) is 21.1. The molecule has 1 atom stereocenters. The van der Waals surface area contributed by atoms with Crippen molar-refractivity contribution in [3.05, 3.63) is 45.6 Å². The van der Waals surface area contributed by atoms with Crippen molar-refractivity contribution in [2.45, 2.75) is 39.5 Å². The minimum Gasteiger partial charge on any atom is -0.493 e. The highest BCUT2D eigenvalue weighted by Gasteiger charge is 2.18. The van der Waals surface area contributed by atoms with Crippen LogP contribution in [-0.2, 0) is 19.5 Å². The number of fused-ring (bicyclic) bond motifs is 1. The van der Waals surface area contributed by atoms with Gasteiger partial charge in [0, 0.05) is 31.1 Å². The van der Waals surface area contributed by atoms with Gasteiger partial charge in [0.05, 0.1) is 7.11 Å². The van der Waals surface area contributed by atoms with Gasteiger partial charge in [-0.1, -0.05) is 19.9 Å². The Labute approximate surface area is 172 Å². The lowest BCUT2D eigenvalue weighted by molar-refractivity contribution is 0.0705. The quantitative estimate of drug-likeness (QED) is 0.658. The average molecular weight is 405 g/mol. The van der Waals surface area contributed by atoms with Crippen LogP contribution in [0.25, 0.3) is 0 Å². The fraction of sp³-hybridized carbons (Fsp3) is 0.545. The lowest BCUT2D eigenvalue weighted by Gasteiger charge is -2.27. The third-order valence-electron chi connectivity index (χ3n) is 5.32. The molecule has 1 aromatic carbocycles. The fourth-order valence-corrected chi connectivity index (χ4v) is 4.54. The minimum atomic E-state index is -0.516. The summed E-state index contributed by atoms with van der Waals surface area (Å²) in [6, 6.07) is 8.35. The molecule has 3 rings (SSSR count). The summed E-state index contributed by atoms with van der Waals surface area (Å²) in [4.78, 5) is 6.19. The average Bonchev–Trinajstić information content (AvgIpc) is 3.18.